The van der Waals surface area contributed by atoms with Gasteiger partial charge in [0, 0.05) is 44.9 Å². The lowest BCUT2D eigenvalue weighted by Crippen LogP contribution is -2.36. The fourth-order valence-corrected chi connectivity index (χ4v) is 3.89. The van der Waals surface area contributed by atoms with E-state index in [4.69, 9.17) is 4.74 Å². The Bertz CT molecular complexity index is 1080. The Morgan fingerprint density at radius 3 is 2.56 bits per heavy atom. The van der Waals surface area contributed by atoms with Crippen molar-refractivity contribution in [1.29, 1.82) is 0 Å². The molecule has 194 valence electrons. The molecule has 0 bridgehead atoms. The number of anilines is 1. The normalized spacial score (nSPS) is 17.8. The summed E-state index contributed by atoms with van der Waals surface area (Å²) in [6.45, 7) is 9.36. The molecule has 1 aromatic carbocycles. The Kier molecular flexibility index (Phi) is 8.96. The van der Waals surface area contributed by atoms with Crippen molar-refractivity contribution in [2.45, 2.75) is 46.1 Å². The van der Waals surface area contributed by atoms with E-state index in [2.05, 4.69) is 6.58 Å². The maximum atomic E-state index is 12.5. The van der Waals surface area contributed by atoms with E-state index in [0.717, 1.165) is 41.5 Å². The third kappa shape index (κ3) is 6.99. The van der Waals surface area contributed by atoms with E-state index in [1.807, 2.05) is 26.0 Å². The summed E-state index contributed by atoms with van der Waals surface area (Å²) in [7, 11) is 3.35. The monoisotopic (exact) mass is 495 g/mol. The molecule has 4 rings (SSSR count). The van der Waals surface area contributed by atoms with Gasteiger partial charge in [-0.3, -0.25) is 14.4 Å². The molecule has 1 aromatic rings. The molecule has 1 aliphatic carbocycles. The number of amides is 3. The van der Waals surface area contributed by atoms with Gasteiger partial charge in [0.15, 0.2) is 0 Å². The van der Waals surface area contributed by atoms with Crippen LogP contribution in [0.5, 0.6) is 0 Å². The number of carbonyl (C=O) groups is 3. The van der Waals surface area contributed by atoms with E-state index in [1.54, 1.807) is 36.0 Å². The standard InChI is InChI=1S/C16H19N3O3.C12H18O2/c1-17(2)15(21)10-18-9-11-5-6-12(8-13(11)16(18)22)19-7-3-4-14(19)20;1-4-12(13)7-9(2)10(3)14-8-11-5-6-11/h5-6,8H,3-4,7,9-10H2,1-2H3;4,7,11,13H,1,5-6,8H2,2-3H3/b;10-9+,12-7+. The number of aliphatic hydroxyl groups is 1. The van der Waals surface area contributed by atoms with Gasteiger partial charge in [-0.1, -0.05) is 12.6 Å². The van der Waals surface area contributed by atoms with E-state index in [9.17, 15) is 19.5 Å². The maximum Gasteiger partial charge on any atom is 0.255 e. The molecule has 1 N–H and O–H groups in total. The number of fused-ring (bicyclic) bond motifs is 1. The molecule has 2 aliphatic heterocycles. The molecule has 1 saturated carbocycles. The highest BCUT2D eigenvalue weighted by Crippen LogP contribution is 2.30. The van der Waals surface area contributed by atoms with Crippen LogP contribution in [0, 0.1) is 5.92 Å². The van der Waals surface area contributed by atoms with Gasteiger partial charge >= 0.3 is 0 Å². The van der Waals surface area contributed by atoms with Crippen molar-refractivity contribution in [2.24, 2.45) is 5.92 Å². The Morgan fingerprint density at radius 2 is 1.97 bits per heavy atom. The summed E-state index contributed by atoms with van der Waals surface area (Å²) in [5, 5.41) is 9.22. The van der Waals surface area contributed by atoms with Gasteiger partial charge in [0.1, 0.15) is 12.3 Å². The summed E-state index contributed by atoms with van der Waals surface area (Å²) >= 11 is 0. The first-order chi connectivity index (χ1) is 17.1. The Labute approximate surface area is 213 Å². The highest BCUT2D eigenvalue weighted by atomic mass is 16.5. The number of nitrogens with zero attached hydrogens (tertiary/aromatic N) is 3. The van der Waals surface area contributed by atoms with Crippen LogP contribution < -0.4 is 4.90 Å². The number of carbonyl (C=O) groups excluding carboxylic acids is 3. The van der Waals surface area contributed by atoms with Crippen molar-refractivity contribution in [1.82, 2.24) is 9.80 Å². The fourth-order valence-electron chi connectivity index (χ4n) is 3.89. The second-order valence-corrected chi connectivity index (χ2v) is 9.71. The van der Waals surface area contributed by atoms with Crippen molar-refractivity contribution in [2.75, 3.05) is 38.7 Å². The zero-order valence-corrected chi connectivity index (χ0v) is 21.7. The Morgan fingerprint density at radius 1 is 1.25 bits per heavy atom. The van der Waals surface area contributed by atoms with Gasteiger partial charge in [-0.15, -0.1) is 0 Å². The molecule has 0 aromatic heterocycles. The first-order valence-electron chi connectivity index (χ1n) is 12.4. The molecule has 3 amide bonds. The van der Waals surface area contributed by atoms with Crippen molar-refractivity contribution in [3.8, 4) is 0 Å². The van der Waals surface area contributed by atoms with Crippen LogP contribution in [0.1, 0.15) is 55.5 Å². The smallest absolute Gasteiger partial charge is 0.255 e. The molecule has 3 aliphatic rings. The summed E-state index contributed by atoms with van der Waals surface area (Å²) in [6, 6.07) is 5.54. The van der Waals surface area contributed by atoms with Gasteiger partial charge < -0.3 is 24.5 Å². The average Bonchev–Trinajstić information content (AvgIpc) is 3.51. The second-order valence-electron chi connectivity index (χ2n) is 9.71. The summed E-state index contributed by atoms with van der Waals surface area (Å²) in [5.74, 6) is 1.68. The highest BCUT2D eigenvalue weighted by Gasteiger charge is 2.31. The van der Waals surface area contributed by atoms with Gasteiger partial charge in [-0.25, -0.2) is 0 Å². The molecule has 2 heterocycles. The molecule has 36 heavy (non-hydrogen) atoms. The first-order valence-corrected chi connectivity index (χ1v) is 12.4. The van der Waals surface area contributed by atoms with Gasteiger partial charge in [-0.2, -0.15) is 0 Å². The lowest BCUT2D eigenvalue weighted by atomic mass is 10.1. The zero-order chi connectivity index (χ0) is 26.4. The van der Waals surface area contributed by atoms with E-state index in [-0.39, 0.29) is 30.0 Å². The van der Waals surface area contributed by atoms with Gasteiger partial charge in [0.25, 0.3) is 5.91 Å². The van der Waals surface area contributed by atoms with E-state index in [0.29, 0.717) is 25.1 Å². The van der Waals surface area contributed by atoms with Crippen molar-refractivity contribution in [3.05, 3.63) is 65.1 Å². The molecule has 2 fully saturated rings. The highest BCUT2D eigenvalue weighted by molar-refractivity contribution is 6.02. The number of allylic oxidation sites excluding steroid dienone is 4. The number of ether oxygens (including phenoxy) is 1. The molecule has 0 radical (unpaired) electrons. The van der Waals surface area contributed by atoms with Crippen molar-refractivity contribution < 1.29 is 24.2 Å². The minimum absolute atomic E-state index is 0.0818. The van der Waals surface area contributed by atoms with Gasteiger partial charge in [0.05, 0.1) is 12.4 Å². The van der Waals surface area contributed by atoms with E-state index >= 15 is 0 Å². The maximum absolute atomic E-state index is 12.5. The van der Waals surface area contributed by atoms with Crippen LogP contribution in [0.4, 0.5) is 5.69 Å². The lowest BCUT2D eigenvalue weighted by molar-refractivity contribution is -0.129. The van der Waals surface area contributed by atoms with Crippen LogP contribution in [0.2, 0.25) is 0 Å². The summed E-state index contributed by atoms with van der Waals surface area (Å²) < 4.78 is 5.56. The largest absolute Gasteiger partial charge is 0.508 e. The molecule has 0 atom stereocenters. The first kappa shape index (κ1) is 27.0. The number of benzene rings is 1. The summed E-state index contributed by atoms with van der Waals surface area (Å²) in [6.07, 6.45) is 7.08. The van der Waals surface area contributed by atoms with Crippen molar-refractivity contribution >= 4 is 23.4 Å². The minimum Gasteiger partial charge on any atom is -0.508 e. The van der Waals surface area contributed by atoms with Crippen LogP contribution >= 0.6 is 0 Å². The molecule has 8 nitrogen and oxygen atoms in total. The SMILES string of the molecule is C=C/C(O)=C\C(C)=C(/C)OCC1CC1.CN(C)C(=O)CN1Cc2ccc(N3CCCC3=O)cc2C1=O. The molecular weight excluding hydrogens is 458 g/mol. The number of hydrogen-bond donors (Lipinski definition) is 1. The number of likely N-dealkylation sites (N-methyl/N-ethyl adjacent to an activating group) is 1. The van der Waals surface area contributed by atoms with Gasteiger partial charge in [-0.05, 0) is 74.4 Å². The minimum atomic E-state index is -0.140. The molecular formula is C28H37N3O5. The molecule has 1 saturated heterocycles. The lowest BCUT2D eigenvalue weighted by Gasteiger charge is -2.18. The molecule has 8 heteroatoms. The third-order valence-electron chi connectivity index (χ3n) is 6.54. The van der Waals surface area contributed by atoms with Crippen LogP contribution in [-0.4, -0.2) is 66.4 Å². The second kappa shape index (κ2) is 11.9. The fraction of sp³-hybridized carbons (Fsp3) is 0.464. The average molecular weight is 496 g/mol. The zero-order valence-electron chi connectivity index (χ0n) is 21.7. The molecule has 0 unspecified atom stereocenters. The third-order valence-corrected chi connectivity index (χ3v) is 6.54. The van der Waals surface area contributed by atoms with Gasteiger partial charge in [0.2, 0.25) is 11.8 Å². The number of hydrogen-bond acceptors (Lipinski definition) is 5. The Balaban J connectivity index is 0.000000223. The quantitative estimate of drug-likeness (QED) is 0.431. The van der Waals surface area contributed by atoms with E-state index < -0.39 is 0 Å². The topological polar surface area (TPSA) is 90.4 Å². The summed E-state index contributed by atoms with van der Waals surface area (Å²) in [5.41, 5.74) is 3.23. The van der Waals surface area contributed by atoms with Crippen molar-refractivity contribution in [3.63, 3.8) is 0 Å². The van der Waals surface area contributed by atoms with Crippen LogP contribution in [0.25, 0.3) is 0 Å². The molecule has 0 spiro atoms. The number of aliphatic hydroxyl groups excluding tert-OH is 1. The van der Waals surface area contributed by atoms with Crippen LogP contribution in [0.15, 0.2) is 54.0 Å². The Hall–Kier alpha value is -3.55. The number of rotatable bonds is 8. The van der Waals surface area contributed by atoms with Crippen LogP contribution in [0.3, 0.4) is 0 Å². The summed E-state index contributed by atoms with van der Waals surface area (Å²) in [4.78, 5) is 40.8. The predicted octanol–water partition coefficient (Wildman–Crippen LogP) is 4.19. The predicted molar refractivity (Wildman–Crippen MR) is 139 cm³/mol. The van der Waals surface area contributed by atoms with Crippen LogP contribution in [-0.2, 0) is 20.9 Å². The van der Waals surface area contributed by atoms with E-state index in [1.165, 1.54) is 23.8 Å².